The van der Waals surface area contributed by atoms with Crippen molar-refractivity contribution in [3.05, 3.63) is 83.1 Å². The molecule has 0 radical (unpaired) electrons. The van der Waals surface area contributed by atoms with Crippen molar-refractivity contribution in [2.45, 2.75) is 30.7 Å². The van der Waals surface area contributed by atoms with Crippen LogP contribution in [-0.2, 0) is 30.7 Å². The Morgan fingerprint density at radius 1 is 1.15 bits per heavy atom. The van der Waals surface area contributed by atoms with Gasteiger partial charge in [-0.1, -0.05) is 42.5 Å². The first-order valence-electron chi connectivity index (χ1n) is 14.7. The van der Waals surface area contributed by atoms with Crippen LogP contribution in [0.15, 0.2) is 71.7 Å². The fourth-order valence-corrected chi connectivity index (χ4v) is 7.56. The number of amides is 2. The zero-order valence-electron chi connectivity index (χ0n) is 25.3. The molecule has 15 heteroatoms. The smallest absolute Gasteiger partial charge is 0.245 e. The highest BCUT2D eigenvalue weighted by Crippen LogP contribution is 2.35. The molecular formula is C32H32FN7O5S2. The third kappa shape index (κ3) is 8.88. The number of anilines is 1. The highest BCUT2D eigenvalue weighted by Gasteiger charge is 2.37. The van der Waals surface area contributed by atoms with Gasteiger partial charge in [-0.2, -0.15) is 5.26 Å². The maximum Gasteiger partial charge on any atom is 0.245 e. The first-order chi connectivity index (χ1) is 22.7. The van der Waals surface area contributed by atoms with Gasteiger partial charge in [0.2, 0.25) is 17.8 Å². The normalized spacial score (nSPS) is 13.9. The molecular weight excluding hydrogens is 646 g/mol. The van der Waals surface area contributed by atoms with Gasteiger partial charge >= 0.3 is 0 Å². The number of halogens is 1. The number of aromatic nitrogens is 1. The van der Waals surface area contributed by atoms with Crippen molar-refractivity contribution >= 4 is 54.9 Å². The molecule has 3 aromatic carbocycles. The number of nitrogens with zero attached hydrogens (tertiary/aromatic N) is 3. The van der Waals surface area contributed by atoms with Crippen molar-refractivity contribution in [2.24, 2.45) is 4.99 Å². The van der Waals surface area contributed by atoms with E-state index in [1.165, 1.54) is 13.2 Å². The van der Waals surface area contributed by atoms with Gasteiger partial charge in [-0.15, -0.1) is 11.3 Å². The summed E-state index contributed by atoms with van der Waals surface area (Å²) in [6.45, 7) is -0.174. The molecule has 0 bridgehead atoms. The SMILES string of the molecule is COCCS(=O)(=O)C(C(=O)NCC(=O)NC1CC1)c1nc2cc(F)c(-c3ccc(NC(=NCc4ccccc4)NC#N)cc3)cc2s1. The molecule has 1 aromatic heterocycles. The lowest BCUT2D eigenvalue weighted by molar-refractivity contribution is -0.126. The van der Waals surface area contributed by atoms with Gasteiger partial charge in [0.05, 0.1) is 35.7 Å². The Bertz CT molecular complexity index is 1920. The van der Waals surface area contributed by atoms with Crippen LogP contribution in [0.3, 0.4) is 0 Å². The summed E-state index contributed by atoms with van der Waals surface area (Å²) in [5, 5.41) is 18.1. The third-order valence-corrected chi connectivity index (χ3v) is 10.3. The third-order valence-electron chi connectivity index (χ3n) is 7.15. The van der Waals surface area contributed by atoms with Crippen LogP contribution in [0.2, 0.25) is 0 Å². The van der Waals surface area contributed by atoms with Crippen molar-refractivity contribution in [1.82, 2.24) is 20.9 Å². The summed E-state index contributed by atoms with van der Waals surface area (Å²) in [6, 6.07) is 19.2. The molecule has 47 heavy (non-hydrogen) atoms. The van der Waals surface area contributed by atoms with E-state index in [1.807, 2.05) is 36.5 Å². The fraction of sp³-hybridized carbons (Fsp3) is 0.281. The van der Waals surface area contributed by atoms with Crippen molar-refractivity contribution in [2.75, 3.05) is 31.3 Å². The second kappa shape index (κ2) is 15.1. The van der Waals surface area contributed by atoms with E-state index < -0.39 is 38.5 Å². The second-order valence-electron chi connectivity index (χ2n) is 10.7. The molecule has 4 aromatic rings. The summed E-state index contributed by atoms with van der Waals surface area (Å²) in [5.41, 5.74) is 2.54. The van der Waals surface area contributed by atoms with Crippen LogP contribution < -0.4 is 21.3 Å². The van der Waals surface area contributed by atoms with E-state index in [0.717, 1.165) is 29.7 Å². The molecule has 1 atom stereocenters. The number of nitriles is 1. The standard InChI is InChI=1S/C32H32FN7O5S2/c1-45-13-14-47(43,44)29(30(42)35-18-28(41)38-22-11-12-22)31-40-26-16-25(33)24(15-27(26)46-31)21-7-9-23(10-8-21)39-32(37-19-34)36-17-20-5-3-2-4-6-20/h2-10,15-16,22,29H,11-14,17-18H2,1H3,(H,35,42)(H,38,41)(H2,36,37,39). The van der Waals surface area contributed by atoms with Crippen LogP contribution in [0.1, 0.15) is 28.7 Å². The molecule has 1 heterocycles. The van der Waals surface area contributed by atoms with Crippen LogP contribution in [0, 0.1) is 17.3 Å². The van der Waals surface area contributed by atoms with Gasteiger partial charge in [0, 0.05) is 30.5 Å². The lowest BCUT2D eigenvalue weighted by Gasteiger charge is -2.15. The monoisotopic (exact) mass is 677 g/mol. The summed E-state index contributed by atoms with van der Waals surface area (Å²) < 4.78 is 47.3. The number of carbonyl (C=O) groups excluding carboxylic acids is 2. The molecule has 1 aliphatic rings. The maximum atomic E-state index is 15.4. The van der Waals surface area contributed by atoms with Crippen LogP contribution in [0.4, 0.5) is 10.1 Å². The number of aliphatic imine (C=N–C) groups is 1. The highest BCUT2D eigenvalue weighted by atomic mass is 32.2. The van der Waals surface area contributed by atoms with Crippen LogP contribution in [-0.4, -0.2) is 63.2 Å². The van der Waals surface area contributed by atoms with E-state index in [0.29, 0.717) is 22.5 Å². The Labute approximate surface area is 275 Å². The number of hydrogen-bond acceptors (Lipinski definition) is 9. The number of benzene rings is 3. The Balaban J connectivity index is 1.36. The molecule has 5 rings (SSSR count). The minimum absolute atomic E-state index is 0.0420. The van der Waals surface area contributed by atoms with Crippen molar-refractivity contribution in [3.8, 4) is 17.3 Å². The molecule has 0 saturated heterocycles. The molecule has 1 saturated carbocycles. The number of thiazole rings is 1. The van der Waals surface area contributed by atoms with E-state index in [4.69, 9.17) is 10.00 Å². The van der Waals surface area contributed by atoms with Gasteiger partial charge in [0.1, 0.15) is 10.8 Å². The summed E-state index contributed by atoms with van der Waals surface area (Å²) in [4.78, 5) is 34.1. The van der Waals surface area contributed by atoms with Gasteiger partial charge in [-0.05, 0) is 42.2 Å². The average molecular weight is 678 g/mol. The van der Waals surface area contributed by atoms with Gasteiger partial charge < -0.3 is 20.7 Å². The molecule has 2 amide bonds. The number of methoxy groups -OCH3 is 1. The Morgan fingerprint density at radius 3 is 2.57 bits per heavy atom. The number of fused-ring (bicyclic) bond motifs is 1. The number of sulfone groups is 1. The molecule has 4 N–H and O–H groups in total. The Kier molecular flexibility index (Phi) is 10.8. The van der Waals surface area contributed by atoms with E-state index in [2.05, 4.69) is 31.2 Å². The first-order valence-corrected chi connectivity index (χ1v) is 17.2. The summed E-state index contributed by atoms with van der Waals surface area (Å²) in [7, 11) is -2.76. The summed E-state index contributed by atoms with van der Waals surface area (Å²) in [6.07, 6.45) is 3.59. The molecule has 0 aliphatic heterocycles. The quantitative estimate of drug-likeness (QED) is 0.0713. The first kappa shape index (κ1) is 33.5. The van der Waals surface area contributed by atoms with Crippen molar-refractivity contribution < 1.29 is 27.1 Å². The maximum absolute atomic E-state index is 15.4. The molecule has 1 aliphatic carbocycles. The molecule has 1 unspecified atom stereocenters. The zero-order valence-corrected chi connectivity index (χ0v) is 27.0. The summed E-state index contributed by atoms with van der Waals surface area (Å²) in [5.74, 6) is -2.10. The topological polar surface area (TPSA) is 175 Å². The lowest BCUT2D eigenvalue weighted by atomic mass is 10.0. The minimum Gasteiger partial charge on any atom is -0.384 e. The zero-order chi connectivity index (χ0) is 33.4. The number of rotatable bonds is 13. The molecule has 1 fully saturated rings. The van der Waals surface area contributed by atoms with E-state index >= 15 is 4.39 Å². The number of nitrogens with one attached hydrogen (secondary N) is 4. The number of hydrogen-bond donors (Lipinski definition) is 4. The largest absolute Gasteiger partial charge is 0.384 e. The Hall–Kier alpha value is -4.91. The number of carbonyl (C=O) groups is 2. The average Bonchev–Trinajstić information content (AvgIpc) is 3.79. The van der Waals surface area contributed by atoms with E-state index in [9.17, 15) is 18.0 Å². The van der Waals surface area contributed by atoms with Gasteiger partial charge in [0.15, 0.2) is 21.3 Å². The number of guanidine groups is 1. The van der Waals surface area contributed by atoms with Crippen molar-refractivity contribution in [3.63, 3.8) is 0 Å². The molecule has 0 spiro atoms. The fourth-order valence-electron chi connectivity index (χ4n) is 4.60. The van der Waals surface area contributed by atoms with Gasteiger partial charge in [-0.3, -0.25) is 14.9 Å². The van der Waals surface area contributed by atoms with Crippen LogP contribution in [0.5, 0.6) is 0 Å². The van der Waals surface area contributed by atoms with E-state index in [1.54, 1.807) is 30.3 Å². The van der Waals surface area contributed by atoms with Gasteiger partial charge in [-0.25, -0.2) is 22.8 Å². The summed E-state index contributed by atoms with van der Waals surface area (Å²) >= 11 is 0.961. The van der Waals surface area contributed by atoms with Gasteiger partial charge in [0.25, 0.3) is 0 Å². The van der Waals surface area contributed by atoms with Crippen molar-refractivity contribution in [1.29, 1.82) is 5.26 Å². The van der Waals surface area contributed by atoms with E-state index in [-0.39, 0.29) is 41.2 Å². The van der Waals surface area contributed by atoms with Crippen LogP contribution >= 0.6 is 11.3 Å². The second-order valence-corrected chi connectivity index (χ2v) is 14.0. The predicted molar refractivity (Wildman–Crippen MR) is 178 cm³/mol. The Morgan fingerprint density at radius 2 is 1.89 bits per heavy atom. The minimum atomic E-state index is -4.11. The number of ether oxygens (including phenoxy) is 1. The highest BCUT2D eigenvalue weighted by molar-refractivity contribution is 7.92. The molecule has 12 nitrogen and oxygen atoms in total. The lowest BCUT2D eigenvalue weighted by Crippen LogP contribution is -2.41. The predicted octanol–water partition coefficient (Wildman–Crippen LogP) is 3.64. The van der Waals surface area contributed by atoms with Crippen LogP contribution in [0.25, 0.3) is 21.3 Å². The molecule has 244 valence electrons.